The second kappa shape index (κ2) is 7.62. The van der Waals surface area contributed by atoms with Crippen LogP contribution in [0.15, 0.2) is 0 Å². The average molecular weight is 259 g/mol. The number of hydrogen-bond acceptors (Lipinski definition) is 3. The van der Waals surface area contributed by atoms with Crippen LogP contribution in [-0.2, 0) is 9.47 Å². The molecule has 0 radical (unpaired) electrons. The van der Waals surface area contributed by atoms with Gasteiger partial charge in [0.1, 0.15) is 5.60 Å². The fraction of sp³-hybridized carbons (Fsp3) is 0.929. The first kappa shape index (κ1) is 17.2. The van der Waals surface area contributed by atoms with E-state index in [4.69, 9.17) is 9.47 Å². The van der Waals surface area contributed by atoms with Gasteiger partial charge in [-0.3, -0.25) is 0 Å². The molecule has 1 unspecified atom stereocenters. The summed E-state index contributed by atoms with van der Waals surface area (Å²) in [5.41, 5.74) is -0.462. The fourth-order valence-electron chi connectivity index (χ4n) is 1.61. The number of carbonyl (C=O) groups excluding carboxylic acids is 1. The van der Waals surface area contributed by atoms with E-state index in [1.807, 2.05) is 34.6 Å². The van der Waals surface area contributed by atoms with Crippen molar-refractivity contribution in [1.29, 1.82) is 0 Å². The lowest BCUT2D eigenvalue weighted by Gasteiger charge is -2.24. The molecular formula is C14H29NO3. The zero-order valence-electron chi connectivity index (χ0n) is 12.9. The zero-order chi connectivity index (χ0) is 14.3. The molecule has 0 aliphatic carbocycles. The molecule has 0 aliphatic heterocycles. The van der Waals surface area contributed by atoms with E-state index < -0.39 is 5.60 Å². The SMILES string of the molecule is CC(C)CC(CNC(=O)OC(C)(C)C)OC(C)C. The quantitative estimate of drug-likeness (QED) is 0.795. The number of alkyl carbamates (subject to hydrolysis) is 1. The molecule has 0 spiro atoms. The summed E-state index contributed by atoms with van der Waals surface area (Å²) in [5.74, 6) is 0.536. The van der Waals surface area contributed by atoms with Crippen molar-refractivity contribution in [1.82, 2.24) is 5.32 Å². The normalized spacial score (nSPS) is 13.8. The Balaban J connectivity index is 4.13. The van der Waals surface area contributed by atoms with Gasteiger partial charge in [0, 0.05) is 6.54 Å². The van der Waals surface area contributed by atoms with Crippen LogP contribution in [0.2, 0.25) is 0 Å². The van der Waals surface area contributed by atoms with Gasteiger partial charge in [0.25, 0.3) is 0 Å². The summed E-state index contributed by atoms with van der Waals surface area (Å²) in [6.07, 6.45) is 0.740. The molecule has 4 nitrogen and oxygen atoms in total. The maximum Gasteiger partial charge on any atom is 0.407 e. The molecule has 0 bridgehead atoms. The van der Waals surface area contributed by atoms with Gasteiger partial charge in [-0.05, 0) is 47.0 Å². The van der Waals surface area contributed by atoms with Gasteiger partial charge in [-0.25, -0.2) is 4.79 Å². The number of ether oxygens (including phenoxy) is 2. The summed E-state index contributed by atoms with van der Waals surface area (Å²) in [6.45, 7) is 14.3. The van der Waals surface area contributed by atoms with Gasteiger partial charge in [-0.2, -0.15) is 0 Å². The number of hydrogen-bond donors (Lipinski definition) is 1. The third-order valence-electron chi connectivity index (χ3n) is 2.07. The van der Waals surface area contributed by atoms with Crippen LogP contribution in [0.4, 0.5) is 4.79 Å². The number of nitrogens with one attached hydrogen (secondary N) is 1. The Bertz CT molecular complexity index is 234. The molecule has 0 aromatic heterocycles. The molecule has 0 aliphatic rings. The average Bonchev–Trinajstić information content (AvgIpc) is 2.09. The van der Waals surface area contributed by atoms with Crippen molar-refractivity contribution >= 4 is 6.09 Å². The van der Waals surface area contributed by atoms with E-state index in [0.717, 1.165) is 6.42 Å². The molecular weight excluding hydrogens is 230 g/mol. The standard InChI is InChI=1S/C14H29NO3/c1-10(2)8-12(17-11(3)4)9-15-13(16)18-14(5,6)7/h10-12H,8-9H2,1-7H3,(H,15,16). The van der Waals surface area contributed by atoms with Crippen LogP contribution in [0.1, 0.15) is 54.9 Å². The Morgan fingerprint density at radius 3 is 2.11 bits per heavy atom. The van der Waals surface area contributed by atoms with Gasteiger partial charge in [0.05, 0.1) is 12.2 Å². The van der Waals surface area contributed by atoms with Gasteiger partial charge in [-0.1, -0.05) is 13.8 Å². The van der Waals surface area contributed by atoms with Crippen molar-refractivity contribution < 1.29 is 14.3 Å². The van der Waals surface area contributed by atoms with Crippen LogP contribution in [0.5, 0.6) is 0 Å². The molecule has 1 atom stereocenters. The highest BCUT2D eigenvalue weighted by Gasteiger charge is 2.18. The summed E-state index contributed by atoms with van der Waals surface area (Å²) in [4.78, 5) is 11.5. The van der Waals surface area contributed by atoms with Gasteiger partial charge in [0.15, 0.2) is 0 Å². The lowest BCUT2D eigenvalue weighted by Crippen LogP contribution is -2.39. The van der Waals surface area contributed by atoms with E-state index in [-0.39, 0.29) is 18.3 Å². The lowest BCUT2D eigenvalue weighted by atomic mass is 10.1. The Labute approximate surface area is 111 Å². The summed E-state index contributed by atoms with van der Waals surface area (Å²) in [5, 5.41) is 2.76. The van der Waals surface area contributed by atoms with E-state index in [0.29, 0.717) is 12.5 Å². The van der Waals surface area contributed by atoms with Crippen molar-refractivity contribution in [3.63, 3.8) is 0 Å². The van der Waals surface area contributed by atoms with E-state index in [9.17, 15) is 4.79 Å². The molecule has 108 valence electrons. The third kappa shape index (κ3) is 10.4. The summed E-state index contributed by atoms with van der Waals surface area (Å²) >= 11 is 0. The number of rotatable bonds is 6. The molecule has 1 amide bonds. The van der Waals surface area contributed by atoms with E-state index in [1.165, 1.54) is 0 Å². The minimum absolute atomic E-state index is 0.0394. The number of amides is 1. The Kier molecular flexibility index (Phi) is 7.29. The van der Waals surface area contributed by atoms with Crippen LogP contribution in [0, 0.1) is 5.92 Å². The molecule has 4 heteroatoms. The van der Waals surface area contributed by atoms with Crippen LogP contribution in [0.25, 0.3) is 0 Å². The highest BCUT2D eigenvalue weighted by Crippen LogP contribution is 2.11. The molecule has 1 N–H and O–H groups in total. The topological polar surface area (TPSA) is 47.6 Å². The third-order valence-corrected chi connectivity index (χ3v) is 2.07. The molecule has 0 fully saturated rings. The van der Waals surface area contributed by atoms with Crippen molar-refractivity contribution in [2.75, 3.05) is 6.54 Å². The molecule has 0 aromatic rings. The first-order valence-electron chi connectivity index (χ1n) is 6.72. The Morgan fingerprint density at radius 2 is 1.72 bits per heavy atom. The van der Waals surface area contributed by atoms with Gasteiger partial charge in [-0.15, -0.1) is 0 Å². The first-order valence-corrected chi connectivity index (χ1v) is 6.72. The predicted molar refractivity (Wildman–Crippen MR) is 73.7 cm³/mol. The molecule has 18 heavy (non-hydrogen) atoms. The zero-order valence-corrected chi connectivity index (χ0v) is 12.9. The lowest BCUT2D eigenvalue weighted by molar-refractivity contribution is -0.00580. The van der Waals surface area contributed by atoms with Crippen molar-refractivity contribution in [3.8, 4) is 0 Å². The molecule has 0 aromatic carbocycles. The van der Waals surface area contributed by atoms with Gasteiger partial charge >= 0.3 is 6.09 Å². The highest BCUT2D eigenvalue weighted by atomic mass is 16.6. The molecule has 0 saturated carbocycles. The van der Waals surface area contributed by atoms with Crippen molar-refractivity contribution in [3.05, 3.63) is 0 Å². The summed E-state index contributed by atoms with van der Waals surface area (Å²) < 4.78 is 11.0. The van der Waals surface area contributed by atoms with Crippen LogP contribution < -0.4 is 5.32 Å². The van der Waals surface area contributed by atoms with E-state index >= 15 is 0 Å². The maximum absolute atomic E-state index is 11.5. The Hall–Kier alpha value is -0.770. The second-order valence-electron chi connectivity index (χ2n) is 6.32. The van der Waals surface area contributed by atoms with E-state index in [1.54, 1.807) is 0 Å². The minimum atomic E-state index is -0.462. The first-order chi connectivity index (χ1) is 8.10. The van der Waals surface area contributed by atoms with Gasteiger partial charge < -0.3 is 14.8 Å². The van der Waals surface area contributed by atoms with Crippen molar-refractivity contribution in [2.45, 2.75) is 72.7 Å². The van der Waals surface area contributed by atoms with Gasteiger partial charge in [0.2, 0.25) is 0 Å². The van der Waals surface area contributed by atoms with Crippen LogP contribution in [-0.4, -0.2) is 30.4 Å². The minimum Gasteiger partial charge on any atom is -0.444 e. The maximum atomic E-state index is 11.5. The number of carbonyl (C=O) groups is 1. The molecule has 0 saturated heterocycles. The molecule has 0 rings (SSSR count). The molecule has 0 heterocycles. The monoisotopic (exact) mass is 259 g/mol. The largest absolute Gasteiger partial charge is 0.444 e. The van der Waals surface area contributed by atoms with Crippen molar-refractivity contribution in [2.24, 2.45) is 5.92 Å². The smallest absolute Gasteiger partial charge is 0.407 e. The van der Waals surface area contributed by atoms with E-state index in [2.05, 4.69) is 19.2 Å². The summed E-state index contributed by atoms with van der Waals surface area (Å²) in [6, 6.07) is 0. The van der Waals surface area contributed by atoms with Crippen LogP contribution in [0.3, 0.4) is 0 Å². The fourth-order valence-corrected chi connectivity index (χ4v) is 1.61. The summed E-state index contributed by atoms with van der Waals surface area (Å²) in [7, 11) is 0. The predicted octanol–water partition coefficient (Wildman–Crippen LogP) is 3.35. The Morgan fingerprint density at radius 1 is 1.17 bits per heavy atom. The second-order valence-corrected chi connectivity index (χ2v) is 6.32. The highest BCUT2D eigenvalue weighted by molar-refractivity contribution is 5.67. The van der Waals surface area contributed by atoms with Crippen LogP contribution >= 0.6 is 0 Å².